The Morgan fingerprint density at radius 1 is 1.11 bits per heavy atom. The van der Waals surface area contributed by atoms with Crippen molar-refractivity contribution < 1.29 is 13.9 Å². The van der Waals surface area contributed by atoms with Gasteiger partial charge in [-0.1, -0.05) is 44.9 Å². The van der Waals surface area contributed by atoms with Crippen LogP contribution in [-0.2, 0) is 9.53 Å². The van der Waals surface area contributed by atoms with Gasteiger partial charge in [-0.2, -0.15) is 0 Å². The molecule has 2 N–H and O–H groups in total. The van der Waals surface area contributed by atoms with Gasteiger partial charge in [0.25, 0.3) is 0 Å². The molecule has 1 aliphatic carbocycles. The molecule has 2 aliphatic heterocycles. The van der Waals surface area contributed by atoms with Gasteiger partial charge in [0.15, 0.2) is 0 Å². The van der Waals surface area contributed by atoms with Crippen molar-refractivity contribution in [1.29, 1.82) is 0 Å². The number of nitrogens with one attached hydrogen (secondary N) is 2. The number of hydrazine groups is 1. The third kappa shape index (κ3) is 5.01. The number of carbonyl (C=O) groups is 1. The van der Waals surface area contributed by atoms with Crippen LogP contribution in [0.3, 0.4) is 0 Å². The first kappa shape index (κ1) is 21.0. The standard InChI is InChI=1S/C21H38FN3O2/c1-2-27-19-12-15-25(16-18(19)22)20(26)21(13-14-23-24-21)17-10-8-6-4-3-5-7-9-11-17/h17-19,23-24H,2-16H2,1H3/t18-,19+,21?/m1/s1. The predicted octanol–water partition coefficient (Wildman–Crippen LogP) is 3.34. The molecule has 156 valence electrons. The molecule has 27 heavy (non-hydrogen) atoms. The van der Waals surface area contributed by atoms with Gasteiger partial charge >= 0.3 is 0 Å². The second-order valence-corrected chi connectivity index (χ2v) is 8.57. The van der Waals surface area contributed by atoms with Gasteiger partial charge in [-0.25, -0.2) is 9.82 Å². The molecule has 3 atom stereocenters. The van der Waals surface area contributed by atoms with Crippen LogP contribution in [0.5, 0.6) is 0 Å². The molecule has 1 saturated carbocycles. The number of ether oxygens (including phenoxy) is 1. The number of rotatable bonds is 4. The van der Waals surface area contributed by atoms with Crippen LogP contribution in [0.1, 0.15) is 77.6 Å². The number of nitrogens with zero attached hydrogens (tertiary/aromatic N) is 1. The van der Waals surface area contributed by atoms with Gasteiger partial charge in [0, 0.05) is 19.7 Å². The Hall–Kier alpha value is -0.720. The summed E-state index contributed by atoms with van der Waals surface area (Å²) in [6.07, 6.45) is 11.0. The molecule has 0 aromatic rings. The van der Waals surface area contributed by atoms with Crippen LogP contribution in [0, 0.1) is 5.92 Å². The van der Waals surface area contributed by atoms with Crippen molar-refractivity contribution in [2.45, 2.75) is 95.4 Å². The second-order valence-electron chi connectivity index (χ2n) is 8.57. The first-order valence-electron chi connectivity index (χ1n) is 11.2. The summed E-state index contributed by atoms with van der Waals surface area (Å²) < 4.78 is 20.1. The van der Waals surface area contributed by atoms with Crippen LogP contribution in [0.4, 0.5) is 4.39 Å². The van der Waals surface area contributed by atoms with Crippen molar-refractivity contribution in [1.82, 2.24) is 15.8 Å². The molecule has 3 fully saturated rings. The maximum Gasteiger partial charge on any atom is 0.244 e. The average Bonchev–Trinajstić information content (AvgIpc) is 3.18. The zero-order valence-corrected chi connectivity index (χ0v) is 17.0. The second kappa shape index (κ2) is 10.2. The maximum absolute atomic E-state index is 14.6. The van der Waals surface area contributed by atoms with E-state index < -0.39 is 11.7 Å². The van der Waals surface area contributed by atoms with Gasteiger partial charge in [-0.05, 0) is 38.5 Å². The minimum atomic E-state index is -1.09. The fraction of sp³-hybridized carbons (Fsp3) is 0.952. The summed E-state index contributed by atoms with van der Waals surface area (Å²) in [5.74, 6) is 0.438. The Morgan fingerprint density at radius 2 is 1.78 bits per heavy atom. The van der Waals surface area contributed by atoms with Crippen LogP contribution in [0.2, 0.25) is 0 Å². The van der Waals surface area contributed by atoms with Gasteiger partial charge in [-0.15, -0.1) is 0 Å². The lowest BCUT2D eigenvalue weighted by atomic mass is 9.74. The summed E-state index contributed by atoms with van der Waals surface area (Å²) >= 11 is 0. The fourth-order valence-corrected chi connectivity index (χ4v) is 5.24. The van der Waals surface area contributed by atoms with Gasteiger partial charge in [-0.3, -0.25) is 10.2 Å². The molecule has 2 saturated heterocycles. The highest BCUT2D eigenvalue weighted by Crippen LogP contribution is 2.36. The molecule has 0 bridgehead atoms. The molecular weight excluding hydrogens is 345 g/mol. The molecule has 6 heteroatoms. The summed E-state index contributed by atoms with van der Waals surface area (Å²) in [6.45, 7) is 3.99. The van der Waals surface area contributed by atoms with Crippen molar-refractivity contribution in [3.05, 3.63) is 0 Å². The molecule has 2 heterocycles. The molecule has 0 radical (unpaired) electrons. The number of piperidine rings is 1. The summed E-state index contributed by atoms with van der Waals surface area (Å²) in [5, 5.41) is 0. The van der Waals surface area contributed by atoms with Crippen LogP contribution in [0.15, 0.2) is 0 Å². The van der Waals surface area contributed by atoms with Gasteiger partial charge in [0.1, 0.15) is 11.7 Å². The Kier molecular flexibility index (Phi) is 7.91. The van der Waals surface area contributed by atoms with E-state index in [4.69, 9.17) is 4.74 Å². The zero-order chi connectivity index (χ0) is 19.1. The molecule has 0 aromatic carbocycles. The fourth-order valence-electron chi connectivity index (χ4n) is 5.24. The number of alkyl halides is 1. The number of carbonyl (C=O) groups excluding carboxylic acids is 1. The first-order chi connectivity index (χ1) is 13.2. The Labute approximate surface area is 163 Å². The van der Waals surface area contributed by atoms with E-state index in [1.165, 1.54) is 44.9 Å². The van der Waals surface area contributed by atoms with E-state index in [0.717, 1.165) is 25.8 Å². The normalized spacial score (nSPS) is 34.5. The Morgan fingerprint density at radius 3 is 2.33 bits per heavy atom. The number of halogens is 1. The molecule has 3 aliphatic rings. The SMILES string of the molecule is CCO[C@H]1CCN(C(=O)C2(C3CCCCCCCCC3)CCNN2)C[C@H]1F. The Bertz CT molecular complexity index is 460. The van der Waals surface area contributed by atoms with E-state index in [-0.39, 0.29) is 18.6 Å². The molecule has 1 unspecified atom stereocenters. The highest BCUT2D eigenvalue weighted by Gasteiger charge is 2.50. The lowest BCUT2D eigenvalue weighted by Crippen LogP contribution is -2.63. The quantitative estimate of drug-likeness (QED) is 0.782. The number of hydrogen-bond acceptors (Lipinski definition) is 4. The maximum atomic E-state index is 14.6. The monoisotopic (exact) mass is 383 g/mol. The van der Waals surface area contributed by atoms with Crippen molar-refractivity contribution >= 4 is 5.91 Å². The smallest absolute Gasteiger partial charge is 0.244 e. The van der Waals surface area contributed by atoms with Crippen LogP contribution < -0.4 is 10.9 Å². The summed E-state index contributed by atoms with van der Waals surface area (Å²) in [4.78, 5) is 15.4. The van der Waals surface area contributed by atoms with E-state index >= 15 is 0 Å². The van der Waals surface area contributed by atoms with Crippen LogP contribution in [0.25, 0.3) is 0 Å². The van der Waals surface area contributed by atoms with Gasteiger partial charge in [0.05, 0.1) is 12.6 Å². The highest BCUT2D eigenvalue weighted by atomic mass is 19.1. The highest BCUT2D eigenvalue weighted by molar-refractivity contribution is 5.87. The third-order valence-corrected chi connectivity index (χ3v) is 6.79. The average molecular weight is 384 g/mol. The number of likely N-dealkylation sites (tertiary alicyclic amines) is 1. The minimum Gasteiger partial charge on any atom is -0.375 e. The molecule has 3 rings (SSSR count). The summed E-state index contributed by atoms with van der Waals surface area (Å²) in [7, 11) is 0. The van der Waals surface area contributed by atoms with Crippen molar-refractivity contribution in [3.63, 3.8) is 0 Å². The molecular formula is C21H38FN3O2. The number of amides is 1. The van der Waals surface area contributed by atoms with Crippen molar-refractivity contribution in [2.24, 2.45) is 5.92 Å². The van der Waals surface area contributed by atoms with Crippen molar-refractivity contribution in [2.75, 3.05) is 26.2 Å². The lowest BCUT2D eigenvalue weighted by molar-refractivity contribution is -0.146. The largest absolute Gasteiger partial charge is 0.375 e. The Balaban J connectivity index is 1.70. The zero-order valence-electron chi connectivity index (χ0n) is 17.0. The molecule has 1 amide bonds. The van der Waals surface area contributed by atoms with Gasteiger partial charge in [0.2, 0.25) is 5.91 Å². The summed E-state index contributed by atoms with van der Waals surface area (Å²) in [5.41, 5.74) is 6.04. The lowest BCUT2D eigenvalue weighted by Gasteiger charge is -2.43. The summed E-state index contributed by atoms with van der Waals surface area (Å²) in [6, 6.07) is 0. The molecule has 0 aromatic heterocycles. The predicted molar refractivity (Wildman–Crippen MR) is 105 cm³/mol. The van der Waals surface area contributed by atoms with Crippen molar-refractivity contribution in [3.8, 4) is 0 Å². The number of hydrogen-bond donors (Lipinski definition) is 2. The third-order valence-electron chi connectivity index (χ3n) is 6.79. The minimum absolute atomic E-state index is 0.104. The van der Waals surface area contributed by atoms with Crippen LogP contribution >= 0.6 is 0 Å². The molecule has 5 nitrogen and oxygen atoms in total. The van der Waals surface area contributed by atoms with E-state index in [1.807, 2.05) is 6.92 Å². The van der Waals surface area contributed by atoms with Gasteiger partial charge < -0.3 is 9.64 Å². The topological polar surface area (TPSA) is 53.6 Å². The van der Waals surface area contributed by atoms with Crippen LogP contribution in [-0.4, -0.2) is 54.9 Å². The van der Waals surface area contributed by atoms with E-state index in [2.05, 4.69) is 10.9 Å². The van der Waals surface area contributed by atoms with E-state index in [9.17, 15) is 9.18 Å². The van der Waals surface area contributed by atoms with E-state index in [0.29, 0.717) is 25.5 Å². The first-order valence-corrected chi connectivity index (χ1v) is 11.2. The molecule has 0 spiro atoms. The van der Waals surface area contributed by atoms with E-state index in [1.54, 1.807) is 4.90 Å².